The Balaban J connectivity index is 1.19. The Bertz CT molecular complexity index is 1350. The van der Waals surface area contributed by atoms with Gasteiger partial charge in [-0.15, -0.1) is 5.10 Å². The molecule has 1 aliphatic heterocycles. The minimum atomic E-state index is -4.37. The van der Waals surface area contributed by atoms with Crippen molar-refractivity contribution >= 4 is 28.1 Å². The maximum absolute atomic E-state index is 12.4. The molecule has 11 heteroatoms. The van der Waals surface area contributed by atoms with Crippen LogP contribution in [0, 0.1) is 18.8 Å². The van der Waals surface area contributed by atoms with Crippen molar-refractivity contribution in [3.8, 4) is 16.9 Å². The van der Waals surface area contributed by atoms with Crippen LogP contribution in [0.4, 0.5) is 24.1 Å². The number of alkyl halides is 3. The van der Waals surface area contributed by atoms with Gasteiger partial charge in [0.2, 0.25) is 5.95 Å². The summed E-state index contributed by atoms with van der Waals surface area (Å²) in [5, 5.41) is 9.53. The largest absolute Gasteiger partial charge is 0.484 e. The predicted octanol–water partition coefficient (Wildman–Crippen LogP) is 5.43. The van der Waals surface area contributed by atoms with E-state index in [1.54, 1.807) is 28.2 Å². The van der Waals surface area contributed by atoms with Gasteiger partial charge in [-0.05, 0) is 79.0 Å². The van der Waals surface area contributed by atoms with Crippen LogP contribution in [0.2, 0.25) is 0 Å². The van der Waals surface area contributed by atoms with Crippen LogP contribution in [0.25, 0.3) is 16.8 Å². The molecule has 1 N–H and O–H groups in total. The Kier molecular flexibility index (Phi) is 5.74. The molecule has 1 saturated carbocycles. The number of hydrogen-bond donors (Lipinski definition) is 1. The summed E-state index contributed by atoms with van der Waals surface area (Å²) in [6.45, 7) is 2.71. The van der Waals surface area contributed by atoms with Gasteiger partial charge in [0.1, 0.15) is 10.8 Å². The fourth-order valence-corrected chi connectivity index (χ4v) is 6.15. The Morgan fingerprint density at radius 3 is 2.53 bits per heavy atom. The van der Waals surface area contributed by atoms with Crippen molar-refractivity contribution in [1.29, 1.82) is 0 Å². The number of nitrogens with zero attached hydrogens (tertiary/aromatic N) is 5. The number of benzene rings is 1. The van der Waals surface area contributed by atoms with Gasteiger partial charge in [0.25, 0.3) is 0 Å². The number of pyridine rings is 1. The van der Waals surface area contributed by atoms with Crippen LogP contribution in [0.15, 0.2) is 48.7 Å². The SMILES string of the molecule is Cc1cc(N2C[C@H]3CC[C@@H](C2)C3Nc2nc3c(-c4ccc(OCC(F)(F)F)cc4)cccn3n2)sn1. The number of aromatic nitrogens is 4. The topological polar surface area (TPSA) is 67.6 Å². The zero-order valence-corrected chi connectivity index (χ0v) is 20.4. The molecule has 2 aliphatic rings. The molecule has 1 aromatic carbocycles. The van der Waals surface area contributed by atoms with Gasteiger partial charge < -0.3 is 15.0 Å². The molecule has 0 amide bonds. The van der Waals surface area contributed by atoms with Crippen molar-refractivity contribution in [2.75, 3.05) is 29.9 Å². The third kappa shape index (κ3) is 4.59. The zero-order chi connectivity index (χ0) is 24.9. The van der Waals surface area contributed by atoms with Crippen molar-refractivity contribution in [3.63, 3.8) is 0 Å². The van der Waals surface area contributed by atoms with Crippen LogP contribution >= 0.6 is 11.5 Å². The van der Waals surface area contributed by atoms with E-state index in [0.29, 0.717) is 29.5 Å². The van der Waals surface area contributed by atoms with Gasteiger partial charge in [0, 0.05) is 30.9 Å². The maximum Gasteiger partial charge on any atom is 0.422 e. The number of rotatable bonds is 6. The van der Waals surface area contributed by atoms with Crippen molar-refractivity contribution in [1.82, 2.24) is 19.0 Å². The number of ether oxygens (including phenoxy) is 1. The summed E-state index contributed by atoms with van der Waals surface area (Å²) in [5.74, 6) is 1.79. The fourth-order valence-electron chi connectivity index (χ4n) is 5.38. The molecular formula is C25H25F3N6OS. The summed E-state index contributed by atoms with van der Waals surface area (Å²) in [4.78, 5) is 7.25. The number of hydrogen-bond acceptors (Lipinski definition) is 7. The molecule has 6 rings (SSSR count). The van der Waals surface area contributed by atoms with Gasteiger partial charge >= 0.3 is 6.18 Å². The molecule has 4 aromatic rings. The first-order valence-electron chi connectivity index (χ1n) is 11.9. The van der Waals surface area contributed by atoms with Gasteiger partial charge in [0.05, 0.1) is 5.69 Å². The maximum atomic E-state index is 12.4. The summed E-state index contributed by atoms with van der Waals surface area (Å²) >= 11 is 1.57. The Morgan fingerprint density at radius 2 is 1.86 bits per heavy atom. The van der Waals surface area contributed by atoms with E-state index in [-0.39, 0.29) is 5.75 Å². The molecule has 188 valence electrons. The van der Waals surface area contributed by atoms with Crippen LogP contribution in [0.5, 0.6) is 5.75 Å². The molecule has 0 spiro atoms. The molecule has 7 nitrogen and oxygen atoms in total. The molecule has 4 heterocycles. The van der Waals surface area contributed by atoms with Crippen LogP contribution < -0.4 is 15.0 Å². The Hall–Kier alpha value is -3.34. The molecular weight excluding hydrogens is 489 g/mol. The van der Waals surface area contributed by atoms with E-state index in [2.05, 4.69) is 25.8 Å². The lowest BCUT2D eigenvalue weighted by Crippen LogP contribution is -2.48. The van der Waals surface area contributed by atoms with Crippen LogP contribution in [-0.4, -0.2) is 50.9 Å². The van der Waals surface area contributed by atoms with E-state index in [0.717, 1.165) is 29.9 Å². The van der Waals surface area contributed by atoms with Crippen molar-refractivity contribution in [3.05, 3.63) is 54.4 Å². The number of aryl methyl sites for hydroxylation is 1. The highest BCUT2D eigenvalue weighted by atomic mass is 32.1. The number of fused-ring (bicyclic) bond motifs is 3. The highest BCUT2D eigenvalue weighted by molar-refractivity contribution is 7.10. The molecule has 1 unspecified atom stereocenters. The van der Waals surface area contributed by atoms with Gasteiger partial charge in [-0.2, -0.15) is 22.5 Å². The molecule has 36 heavy (non-hydrogen) atoms. The lowest BCUT2D eigenvalue weighted by Gasteiger charge is -2.38. The van der Waals surface area contributed by atoms with E-state index in [1.165, 1.54) is 30.0 Å². The first-order valence-corrected chi connectivity index (χ1v) is 12.7. The van der Waals surface area contributed by atoms with Crippen LogP contribution in [0.3, 0.4) is 0 Å². The highest BCUT2D eigenvalue weighted by Gasteiger charge is 2.43. The number of nitrogens with one attached hydrogen (secondary N) is 1. The number of halogens is 3. The monoisotopic (exact) mass is 514 g/mol. The molecule has 2 fully saturated rings. The molecule has 3 atom stereocenters. The first-order chi connectivity index (χ1) is 17.3. The van der Waals surface area contributed by atoms with E-state index < -0.39 is 12.8 Å². The van der Waals surface area contributed by atoms with E-state index >= 15 is 0 Å². The second-order valence-corrected chi connectivity index (χ2v) is 10.3. The summed E-state index contributed by atoms with van der Waals surface area (Å²) in [5.41, 5.74) is 3.43. The highest BCUT2D eigenvalue weighted by Crippen LogP contribution is 2.41. The third-order valence-corrected chi connectivity index (χ3v) is 7.93. The van der Waals surface area contributed by atoms with Crippen LogP contribution in [-0.2, 0) is 0 Å². The number of piperidine rings is 1. The lowest BCUT2D eigenvalue weighted by molar-refractivity contribution is -0.153. The lowest BCUT2D eigenvalue weighted by atomic mass is 9.92. The van der Waals surface area contributed by atoms with E-state index in [4.69, 9.17) is 9.72 Å². The minimum absolute atomic E-state index is 0.169. The molecule has 3 aromatic heterocycles. The van der Waals surface area contributed by atoms with Crippen molar-refractivity contribution < 1.29 is 17.9 Å². The third-order valence-electron chi connectivity index (χ3n) is 6.99. The second kappa shape index (κ2) is 8.95. The summed E-state index contributed by atoms with van der Waals surface area (Å²) in [6, 6.07) is 12.8. The van der Waals surface area contributed by atoms with E-state index in [1.807, 2.05) is 25.3 Å². The quantitative estimate of drug-likeness (QED) is 0.370. The minimum Gasteiger partial charge on any atom is -0.484 e. The van der Waals surface area contributed by atoms with Gasteiger partial charge in [-0.3, -0.25) is 0 Å². The average molecular weight is 515 g/mol. The van der Waals surface area contributed by atoms with Crippen molar-refractivity contribution in [2.24, 2.45) is 11.8 Å². The summed E-state index contributed by atoms with van der Waals surface area (Å²) in [7, 11) is 0. The standard InChI is InChI=1S/C25H25F3N6OS/c1-15-11-21(36-32-15)33-12-17-4-5-18(13-33)22(17)29-24-30-23-20(3-2-10-34(23)31-24)16-6-8-19(9-7-16)35-14-25(26,27)28/h2-3,6-11,17-18,22H,4-5,12-14H2,1H3,(H,29,31)/t17-,18+,22?. The summed E-state index contributed by atoms with van der Waals surface area (Å²) < 4.78 is 48.3. The zero-order valence-electron chi connectivity index (χ0n) is 19.6. The molecule has 1 aliphatic carbocycles. The van der Waals surface area contributed by atoms with Gasteiger partial charge in [0.15, 0.2) is 12.3 Å². The normalized spacial score (nSPS) is 21.8. The predicted molar refractivity (Wildman–Crippen MR) is 133 cm³/mol. The Morgan fingerprint density at radius 1 is 1.11 bits per heavy atom. The summed E-state index contributed by atoms with van der Waals surface area (Å²) in [6.07, 6.45) is -0.164. The molecule has 1 saturated heterocycles. The second-order valence-electron chi connectivity index (χ2n) is 9.53. The fraction of sp³-hybridized carbons (Fsp3) is 0.400. The Labute approximate surface area is 210 Å². The molecule has 0 radical (unpaired) electrons. The average Bonchev–Trinajstić information content (AvgIpc) is 3.53. The van der Waals surface area contributed by atoms with Gasteiger partial charge in [-0.25, -0.2) is 4.52 Å². The first kappa shape index (κ1) is 23.1. The smallest absolute Gasteiger partial charge is 0.422 e. The van der Waals surface area contributed by atoms with E-state index in [9.17, 15) is 13.2 Å². The van der Waals surface area contributed by atoms with Crippen LogP contribution in [0.1, 0.15) is 18.5 Å². The van der Waals surface area contributed by atoms with Gasteiger partial charge in [-0.1, -0.05) is 12.1 Å². The number of anilines is 2. The van der Waals surface area contributed by atoms with Crippen molar-refractivity contribution in [2.45, 2.75) is 32.0 Å². The molecule has 2 bridgehead atoms.